The zero-order valence-electron chi connectivity index (χ0n) is 13.2. The standard InChI is InChI=1S/C21H17N3/c1-5-11-18-14(7-1)13-23-19-12-6-3-9-16(19)20-22-17-10-4-2-8-15(17)21(23)24(18)20/h1-12,20-22H,13H2/t20?,21-/m1/s1. The van der Waals surface area contributed by atoms with E-state index in [1.807, 2.05) is 0 Å². The van der Waals surface area contributed by atoms with E-state index in [2.05, 4.69) is 87.9 Å². The van der Waals surface area contributed by atoms with E-state index >= 15 is 0 Å². The second kappa shape index (κ2) is 4.32. The quantitative estimate of drug-likeness (QED) is 0.652. The third-order valence-electron chi connectivity index (χ3n) is 5.52. The van der Waals surface area contributed by atoms with Crippen LogP contribution >= 0.6 is 0 Å². The van der Waals surface area contributed by atoms with Gasteiger partial charge in [-0.2, -0.15) is 0 Å². The fourth-order valence-electron chi connectivity index (χ4n) is 4.54. The SMILES string of the molecule is c1ccc2c(c1)CN1c3ccccc3C3Nc4ccccc4[C@H]1N23. The van der Waals surface area contributed by atoms with Crippen molar-refractivity contribution >= 4 is 17.1 Å². The number of anilines is 3. The van der Waals surface area contributed by atoms with E-state index in [4.69, 9.17) is 0 Å². The summed E-state index contributed by atoms with van der Waals surface area (Å²) < 4.78 is 0. The molecule has 0 saturated heterocycles. The maximum Gasteiger partial charge on any atom is 0.132 e. The fraction of sp³-hybridized carbons (Fsp3) is 0.143. The second-order valence-electron chi connectivity index (χ2n) is 6.73. The number of para-hydroxylation sites is 3. The van der Waals surface area contributed by atoms with Crippen molar-refractivity contribution in [2.45, 2.75) is 18.9 Å². The van der Waals surface area contributed by atoms with Crippen molar-refractivity contribution in [1.29, 1.82) is 0 Å². The largest absolute Gasteiger partial charge is 0.361 e. The van der Waals surface area contributed by atoms with E-state index in [-0.39, 0.29) is 12.3 Å². The minimum Gasteiger partial charge on any atom is -0.361 e. The Kier molecular flexibility index (Phi) is 2.25. The van der Waals surface area contributed by atoms with E-state index in [1.165, 1.54) is 33.8 Å². The summed E-state index contributed by atoms with van der Waals surface area (Å²) >= 11 is 0. The predicted molar refractivity (Wildman–Crippen MR) is 97.1 cm³/mol. The molecule has 3 heterocycles. The van der Waals surface area contributed by atoms with Crippen LogP contribution in [0, 0.1) is 0 Å². The number of benzene rings is 3. The molecule has 0 radical (unpaired) electrons. The maximum atomic E-state index is 3.78. The molecule has 1 N–H and O–H groups in total. The first-order valence-corrected chi connectivity index (χ1v) is 8.49. The van der Waals surface area contributed by atoms with Crippen LogP contribution in [-0.4, -0.2) is 0 Å². The lowest BCUT2D eigenvalue weighted by molar-refractivity contribution is 0.462. The molecule has 0 aromatic heterocycles. The first kappa shape index (κ1) is 12.5. The van der Waals surface area contributed by atoms with Gasteiger partial charge < -0.3 is 15.1 Å². The van der Waals surface area contributed by atoms with Gasteiger partial charge in [-0.3, -0.25) is 0 Å². The van der Waals surface area contributed by atoms with Crippen LogP contribution in [0.5, 0.6) is 0 Å². The van der Waals surface area contributed by atoms with E-state index in [1.54, 1.807) is 0 Å². The Hall–Kier alpha value is -2.94. The van der Waals surface area contributed by atoms with Gasteiger partial charge in [0.1, 0.15) is 12.3 Å². The molecule has 3 aromatic carbocycles. The van der Waals surface area contributed by atoms with Gasteiger partial charge in [-0.25, -0.2) is 0 Å². The summed E-state index contributed by atoms with van der Waals surface area (Å²) in [6, 6.07) is 26.3. The lowest BCUT2D eigenvalue weighted by Crippen LogP contribution is -2.55. The minimum atomic E-state index is 0.179. The highest BCUT2D eigenvalue weighted by Crippen LogP contribution is 2.55. The van der Waals surface area contributed by atoms with Gasteiger partial charge in [0.2, 0.25) is 0 Å². The van der Waals surface area contributed by atoms with Gasteiger partial charge in [0.05, 0.1) is 0 Å². The molecule has 0 fully saturated rings. The van der Waals surface area contributed by atoms with Crippen LogP contribution in [0.1, 0.15) is 29.0 Å². The smallest absolute Gasteiger partial charge is 0.132 e. The Morgan fingerprint density at radius 2 is 1.46 bits per heavy atom. The highest BCUT2D eigenvalue weighted by molar-refractivity contribution is 5.77. The molecular weight excluding hydrogens is 294 g/mol. The lowest BCUT2D eigenvalue weighted by atomic mass is 9.90. The molecule has 0 amide bonds. The molecule has 4 bridgehead atoms. The summed E-state index contributed by atoms with van der Waals surface area (Å²) in [4.78, 5) is 5.09. The van der Waals surface area contributed by atoms with Crippen LogP contribution < -0.4 is 15.1 Å². The summed E-state index contributed by atoms with van der Waals surface area (Å²) in [6.45, 7) is 0.954. The molecule has 3 heteroatoms. The molecule has 24 heavy (non-hydrogen) atoms. The Bertz CT molecular complexity index is 886. The minimum absolute atomic E-state index is 0.179. The maximum absolute atomic E-state index is 3.78. The first-order chi connectivity index (χ1) is 11.9. The molecule has 3 aliphatic rings. The number of rotatable bonds is 0. The molecule has 3 aliphatic heterocycles. The van der Waals surface area contributed by atoms with Crippen molar-refractivity contribution in [1.82, 2.24) is 0 Å². The van der Waals surface area contributed by atoms with Crippen LogP contribution in [-0.2, 0) is 6.54 Å². The van der Waals surface area contributed by atoms with Crippen molar-refractivity contribution in [3.05, 3.63) is 89.5 Å². The monoisotopic (exact) mass is 311 g/mol. The van der Waals surface area contributed by atoms with Crippen LogP contribution in [0.15, 0.2) is 72.8 Å². The third kappa shape index (κ3) is 1.42. The fourth-order valence-corrected chi connectivity index (χ4v) is 4.54. The topological polar surface area (TPSA) is 18.5 Å². The van der Waals surface area contributed by atoms with E-state index < -0.39 is 0 Å². The van der Waals surface area contributed by atoms with E-state index in [9.17, 15) is 0 Å². The number of nitrogens with one attached hydrogen (secondary N) is 1. The van der Waals surface area contributed by atoms with Gasteiger partial charge in [-0.05, 0) is 23.8 Å². The highest BCUT2D eigenvalue weighted by atomic mass is 15.5. The average Bonchev–Trinajstić information content (AvgIpc) is 2.65. The summed E-state index contributed by atoms with van der Waals surface area (Å²) in [5, 5.41) is 3.78. The summed E-state index contributed by atoms with van der Waals surface area (Å²) in [5.74, 6) is 0. The Morgan fingerprint density at radius 1 is 0.750 bits per heavy atom. The molecule has 2 atom stereocenters. The highest BCUT2D eigenvalue weighted by Gasteiger charge is 2.47. The average molecular weight is 311 g/mol. The number of nitrogens with zero attached hydrogens (tertiary/aromatic N) is 2. The Morgan fingerprint density at radius 3 is 2.38 bits per heavy atom. The van der Waals surface area contributed by atoms with Crippen molar-refractivity contribution in [2.75, 3.05) is 15.1 Å². The van der Waals surface area contributed by atoms with Crippen LogP contribution in [0.4, 0.5) is 17.1 Å². The van der Waals surface area contributed by atoms with Gasteiger partial charge >= 0.3 is 0 Å². The van der Waals surface area contributed by atoms with Gasteiger partial charge in [0.15, 0.2) is 0 Å². The molecule has 1 unspecified atom stereocenters. The number of hydrogen-bond acceptors (Lipinski definition) is 3. The molecule has 0 spiro atoms. The molecule has 3 aromatic rings. The summed E-state index contributed by atoms with van der Waals surface area (Å²) in [7, 11) is 0. The van der Waals surface area contributed by atoms with Crippen molar-refractivity contribution in [2.24, 2.45) is 0 Å². The van der Waals surface area contributed by atoms with Gasteiger partial charge in [0, 0.05) is 34.7 Å². The predicted octanol–water partition coefficient (Wildman–Crippen LogP) is 4.65. The number of fused-ring (bicyclic) bond motifs is 5. The van der Waals surface area contributed by atoms with Crippen molar-refractivity contribution < 1.29 is 0 Å². The Labute approximate surface area is 141 Å². The zero-order valence-corrected chi connectivity index (χ0v) is 13.2. The first-order valence-electron chi connectivity index (χ1n) is 8.49. The van der Waals surface area contributed by atoms with E-state index in [0.29, 0.717) is 0 Å². The molecule has 0 aliphatic carbocycles. The Balaban J connectivity index is 1.68. The van der Waals surface area contributed by atoms with Crippen molar-refractivity contribution in [3.8, 4) is 0 Å². The number of hydrogen-bond donors (Lipinski definition) is 1. The molecule has 116 valence electrons. The van der Waals surface area contributed by atoms with E-state index in [0.717, 1.165) is 6.54 Å². The van der Waals surface area contributed by atoms with Gasteiger partial charge in [0.25, 0.3) is 0 Å². The summed E-state index contributed by atoms with van der Waals surface area (Å²) in [6.07, 6.45) is 0.441. The van der Waals surface area contributed by atoms with Crippen molar-refractivity contribution in [3.63, 3.8) is 0 Å². The van der Waals surface area contributed by atoms with Crippen LogP contribution in [0.25, 0.3) is 0 Å². The van der Waals surface area contributed by atoms with Gasteiger partial charge in [-0.15, -0.1) is 0 Å². The summed E-state index contributed by atoms with van der Waals surface area (Å²) in [5.41, 5.74) is 8.06. The molecule has 6 rings (SSSR count). The van der Waals surface area contributed by atoms with Crippen LogP contribution in [0.3, 0.4) is 0 Å². The normalized spacial score (nSPS) is 22.2. The van der Waals surface area contributed by atoms with Gasteiger partial charge in [-0.1, -0.05) is 54.6 Å². The third-order valence-corrected chi connectivity index (χ3v) is 5.52. The molecule has 3 nitrogen and oxygen atoms in total. The second-order valence-corrected chi connectivity index (χ2v) is 6.73. The molecule has 0 saturated carbocycles. The zero-order chi connectivity index (χ0) is 15.7. The van der Waals surface area contributed by atoms with Crippen LogP contribution in [0.2, 0.25) is 0 Å². The lowest BCUT2D eigenvalue weighted by Gasteiger charge is -2.57. The molecular formula is C21H17N3.